The lowest BCUT2D eigenvalue weighted by molar-refractivity contribution is -0.123. The summed E-state index contributed by atoms with van der Waals surface area (Å²) in [6.45, 7) is 2.89. The van der Waals surface area contributed by atoms with Crippen molar-refractivity contribution in [3.63, 3.8) is 0 Å². The number of benzene rings is 1. The van der Waals surface area contributed by atoms with E-state index in [-0.39, 0.29) is 18.1 Å². The van der Waals surface area contributed by atoms with Crippen LogP contribution >= 0.6 is 11.3 Å². The molecule has 2 N–H and O–H groups in total. The number of hydrogen-bond donors (Lipinski definition) is 2. The van der Waals surface area contributed by atoms with Gasteiger partial charge in [-0.15, -0.1) is 11.3 Å². The quantitative estimate of drug-likeness (QED) is 0.608. The van der Waals surface area contributed by atoms with Crippen LogP contribution < -0.4 is 10.7 Å². The summed E-state index contributed by atoms with van der Waals surface area (Å²) in [5.74, 6) is -0.00801. The third kappa shape index (κ3) is 4.70. The zero-order chi connectivity index (χ0) is 21.8. The van der Waals surface area contributed by atoms with Gasteiger partial charge in [-0.3, -0.25) is 9.59 Å². The number of amides is 1. The number of carbonyl (C=O) groups is 1. The number of thiazole rings is 1. The average Bonchev–Trinajstić information content (AvgIpc) is 3.31. The van der Waals surface area contributed by atoms with Gasteiger partial charge in [0.15, 0.2) is 5.76 Å². The molecule has 1 aliphatic heterocycles. The summed E-state index contributed by atoms with van der Waals surface area (Å²) in [7, 11) is 0. The summed E-state index contributed by atoms with van der Waals surface area (Å²) >= 11 is 1.56. The Bertz CT molecular complexity index is 1120. The summed E-state index contributed by atoms with van der Waals surface area (Å²) in [6, 6.07) is 9.14. The van der Waals surface area contributed by atoms with Crippen molar-refractivity contribution in [3.05, 3.63) is 69.2 Å². The van der Waals surface area contributed by atoms with Crippen molar-refractivity contribution in [3.8, 4) is 16.3 Å². The molecule has 2 aromatic heterocycles. The maximum Gasteiger partial charge on any atom is 0.227 e. The van der Waals surface area contributed by atoms with E-state index in [1.165, 1.54) is 6.07 Å². The molecule has 0 bridgehead atoms. The van der Waals surface area contributed by atoms with E-state index in [0.29, 0.717) is 38.4 Å². The van der Waals surface area contributed by atoms with Crippen molar-refractivity contribution in [1.82, 2.24) is 10.3 Å². The fraction of sp³-hybridized carbons (Fsp3) is 0.348. The predicted molar refractivity (Wildman–Crippen MR) is 117 cm³/mol. The molecule has 31 heavy (non-hydrogen) atoms. The largest absolute Gasteiger partial charge is 0.502 e. The standard InChI is InChI=1S/C23H24N2O5S/c1-15-11-18(26)20(28)21(30-15)23(5-8-29-9-6-23)13-19(27)25-14-16-3-2-4-17(12-16)22-24-7-10-31-22/h2-4,7,10-12,28H,5-6,8-9,13-14H2,1H3,(H,25,27). The van der Waals surface area contributed by atoms with Gasteiger partial charge in [-0.2, -0.15) is 0 Å². The van der Waals surface area contributed by atoms with Crippen LogP contribution in [0.1, 0.15) is 36.3 Å². The van der Waals surface area contributed by atoms with Gasteiger partial charge in [-0.05, 0) is 31.4 Å². The molecule has 0 aliphatic carbocycles. The number of rotatable bonds is 6. The summed E-state index contributed by atoms with van der Waals surface area (Å²) in [5, 5.41) is 16.2. The summed E-state index contributed by atoms with van der Waals surface area (Å²) in [6.07, 6.45) is 2.84. The predicted octanol–water partition coefficient (Wildman–Crippen LogP) is 3.53. The SMILES string of the molecule is Cc1cc(=O)c(O)c(C2(CC(=O)NCc3cccc(-c4nccs4)c3)CCOCC2)o1. The molecule has 3 heterocycles. The first-order chi connectivity index (χ1) is 15.0. The Morgan fingerprint density at radius 2 is 2.10 bits per heavy atom. The fourth-order valence-corrected chi connectivity index (χ4v) is 4.60. The van der Waals surface area contributed by atoms with E-state index in [2.05, 4.69) is 10.3 Å². The van der Waals surface area contributed by atoms with Gasteiger partial charge in [-0.1, -0.05) is 18.2 Å². The topological polar surface area (TPSA) is 102 Å². The first-order valence-electron chi connectivity index (χ1n) is 10.1. The molecule has 3 aromatic rings. The Kier molecular flexibility index (Phi) is 6.20. The highest BCUT2D eigenvalue weighted by molar-refractivity contribution is 7.13. The average molecular weight is 441 g/mol. The highest BCUT2D eigenvalue weighted by Crippen LogP contribution is 2.41. The Morgan fingerprint density at radius 1 is 1.29 bits per heavy atom. The Morgan fingerprint density at radius 3 is 2.84 bits per heavy atom. The van der Waals surface area contributed by atoms with Crippen LogP contribution in [0.2, 0.25) is 0 Å². The number of hydrogen-bond acceptors (Lipinski definition) is 7. The smallest absolute Gasteiger partial charge is 0.227 e. The van der Waals surface area contributed by atoms with E-state index in [1.807, 2.05) is 29.6 Å². The van der Waals surface area contributed by atoms with Crippen LogP contribution in [0.15, 0.2) is 51.1 Å². The molecule has 4 rings (SSSR count). The van der Waals surface area contributed by atoms with Gasteiger partial charge < -0.3 is 19.6 Å². The maximum absolute atomic E-state index is 12.9. The van der Waals surface area contributed by atoms with Crippen molar-refractivity contribution >= 4 is 17.2 Å². The lowest BCUT2D eigenvalue weighted by Crippen LogP contribution is -2.40. The summed E-state index contributed by atoms with van der Waals surface area (Å²) < 4.78 is 11.2. The lowest BCUT2D eigenvalue weighted by atomic mass is 9.74. The first-order valence-corrected chi connectivity index (χ1v) is 11.0. The molecule has 7 nitrogen and oxygen atoms in total. The molecule has 162 valence electrons. The molecule has 0 radical (unpaired) electrons. The highest BCUT2D eigenvalue weighted by Gasteiger charge is 2.41. The Hall–Kier alpha value is -2.97. The molecule has 1 saturated heterocycles. The first kappa shape index (κ1) is 21.3. The minimum Gasteiger partial charge on any atom is -0.502 e. The zero-order valence-electron chi connectivity index (χ0n) is 17.2. The third-order valence-corrected chi connectivity index (χ3v) is 6.39. The summed E-state index contributed by atoms with van der Waals surface area (Å²) in [4.78, 5) is 29.3. The maximum atomic E-state index is 12.9. The summed E-state index contributed by atoms with van der Waals surface area (Å²) in [5.41, 5.74) is 0.700. The van der Waals surface area contributed by atoms with Crippen molar-refractivity contribution in [2.45, 2.75) is 38.1 Å². The van der Waals surface area contributed by atoms with Gasteiger partial charge in [0.25, 0.3) is 0 Å². The zero-order valence-corrected chi connectivity index (χ0v) is 18.0. The van der Waals surface area contributed by atoms with Crippen molar-refractivity contribution in [2.75, 3.05) is 13.2 Å². The number of nitrogens with one attached hydrogen (secondary N) is 1. The monoisotopic (exact) mass is 440 g/mol. The molecule has 0 spiro atoms. The molecular formula is C23H24N2O5S. The molecule has 1 fully saturated rings. The van der Waals surface area contributed by atoms with Gasteiger partial charge >= 0.3 is 0 Å². The highest BCUT2D eigenvalue weighted by atomic mass is 32.1. The Labute approximate surface area is 183 Å². The lowest BCUT2D eigenvalue weighted by Gasteiger charge is -2.35. The number of aryl methyl sites for hydroxylation is 1. The fourth-order valence-electron chi connectivity index (χ4n) is 3.96. The van der Waals surface area contributed by atoms with Crippen LogP contribution in [0.5, 0.6) is 5.75 Å². The molecule has 0 unspecified atom stereocenters. The van der Waals surface area contributed by atoms with Crippen LogP contribution in [0.3, 0.4) is 0 Å². The van der Waals surface area contributed by atoms with Gasteiger partial charge in [0.05, 0.1) is 0 Å². The van der Waals surface area contributed by atoms with Gasteiger partial charge in [0.1, 0.15) is 10.8 Å². The van der Waals surface area contributed by atoms with Crippen LogP contribution in [-0.2, 0) is 21.5 Å². The third-order valence-electron chi connectivity index (χ3n) is 5.57. The molecule has 1 amide bonds. The van der Waals surface area contributed by atoms with Crippen molar-refractivity contribution in [1.29, 1.82) is 0 Å². The van der Waals surface area contributed by atoms with Crippen LogP contribution in [0.4, 0.5) is 0 Å². The van der Waals surface area contributed by atoms with E-state index >= 15 is 0 Å². The molecule has 0 saturated carbocycles. The van der Waals surface area contributed by atoms with Crippen molar-refractivity contribution < 1.29 is 19.1 Å². The Balaban J connectivity index is 1.51. The van der Waals surface area contributed by atoms with Gasteiger partial charge in [-0.25, -0.2) is 4.98 Å². The second kappa shape index (κ2) is 9.03. The van der Waals surface area contributed by atoms with E-state index in [1.54, 1.807) is 24.5 Å². The molecule has 8 heteroatoms. The molecule has 1 aliphatic rings. The second-order valence-electron chi connectivity index (χ2n) is 7.78. The number of carbonyl (C=O) groups excluding carboxylic acids is 1. The minimum atomic E-state index is -0.777. The van der Waals surface area contributed by atoms with E-state index in [4.69, 9.17) is 9.15 Å². The van der Waals surface area contributed by atoms with E-state index in [0.717, 1.165) is 16.1 Å². The molecule has 0 atom stereocenters. The normalized spacial score (nSPS) is 15.5. The minimum absolute atomic E-state index is 0.0997. The van der Waals surface area contributed by atoms with Gasteiger partial charge in [0.2, 0.25) is 17.1 Å². The second-order valence-corrected chi connectivity index (χ2v) is 8.68. The van der Waals surface area contributed by atoms with E-state index in [9.17, 15) is 14.7 Å². The number of aromatic nitrogens is 1. The van der Waals surface area contributed by atoms with Crippen LogP contribution in [-0.4, -0.2) is 29.2 Å². The van der Waals surface area contributed by atoms with Gasteiger partial charge in [0, 0.05) is 54.8 Å². The van der Waals surface area contributed by atoms with E-state index < -0.39 is 16.6 Å². The number of ether oxygens (including phenoxy) is 1. The van der Waals surface area contributed by atoms with Crippen LogP contribution in [0, 0.1) is 6.92 Å². The molecular weight excluding hydrogens is 416 g/mol. The number of aromatic hydroxyl groups is 1. The number of nitrogens with zero attached hydrogens (tertiary/aromatic N) is 1. The molecule has 1 aromatic carbocycles. The van der Waals surface area contributed by atoms with Crippen LogP contribution in [0.25, 0.3) is 10.6 Å². The van der Waals surface area contributed by atoms with Crippen molar-refractivity contribution in [2.24, 2.45) is 0 Å².